The molecule has 0 saturated carbocycles. The summed E-state index contributed by atoms with van der Waals surface area (Å²) in [6.45, 7) is 0.606. The average molecular weight is 314 g/mol. The van der Waals surface area contributed by atoms with Crippen molar-refractivity contribution in [1.29, 1.82) is 0 Å². The Bertz CT molecular complexity index is 770. The normalized spacial score (nSPS) is 11.0. The molecule has 21 heavy (non-hydrogen) atoms. The first-order valence-corrected chi connectivity index (χ1v) is 8.11. The number of benzene rings is 3. The first-order chi connectivity index (χ1) is 10.3. The van der Waals surface area contributed by atoms with E-state index in [9.17, 15) is 0 Å². The maximum atomic E-state index is 6.30. The third-order valence-electron chi connectivity index (χ3n) is 3.42. The van der Waals surface area contributed by atoms with Gasteiger partial charge in [0.1, 0.15) is 0 Å². The van der Waals surface area contributed by atoms with E-state index in [1.165, 1.54) is 20.6 Å². The van der Waals surface area contributed by atoms with E-state index in [-0.39, 0.29) is 0 Å². The van der Waals surface area contributed by atoms with Crippen molar-refractivity contribution in [1.82, 2.24) is 0 Å². The minimum absolute atomic E-state index is 0.606. The van der Waals surface area contributed by atoms with E-state index in [4.69, 9.17) is 17.3 Å². The van der Waals surface area contributed by atoms with Crippen LogP contribution in [0.2, 0.25) is 5.02 Å². The van der Waals surface area contributed by atoms with Crippen molar-refractivity contribution in [3.63, 3.8) is 0 Å². The lowest BCUT2D eigenvalue weighted by Gasteiger charge is -2.11. The molecule has 0 fully saturated rings. The predicted molar refractivity (Wildman–Crippen MR) is 92.3 cm³/mol. The van der Waals surface area contributed by atoms with Crippen molar-refractivity contribution in [3.05, 3.63) is 71.2 Å². The van der Waals surface area contributed by atoms with Crippen molar-refractivity contribution in [2.24, 2.45) is 5.73 Å². The molecule has 1 nitrogen and oxygen atoms in total. The summed E-state index contributed by atoms with van der Waals surface area (Å²) in [5, 5.41) is 3.31. The first kappa shape index (κ1) is 14.5. The van der Waals surface area contributed by atoms with Crippen LogP contribution in [0.3, 0.4) is 0 Å². The number of halogens is 1. The molecular formula is C18H16ClNS. The minimum Gasteiger partial charge on any atom is -0.330 e. The molecule has 0 aliphatic heterocycles. The summed E-state index contributed by atoms with van der Waals surface area (Å²) in [6, 6.07) is 20.9. The fourth-order valence-corrected chi connectivity index (χ4v) is 3.76. The quantitative estimate of drug-likeness (QED) is 0.721. The second-order valence-corrected chi connectivity index (χ2v) is 6.39. The lowest BCUT2D eigenvalue weighted by atomic mass is 10.1. The second-order valence-electron chi connectivity index (χ2n) is 4.87. The zero-order valence-electron chi connectivity index (χ0n) is 11.6. The van der Waals surface area contributed by atoms with Gasteiger partial charge in [-0.15, -0.1) is 0 Å². The summed E-state index contributed by atoms with van der Waals surface area (Å²) >= 11 is 8.04. The molecule has 0 unspecified atom stereocenters. The van der Waals surface area contributed by atoms with Gasteiger partial charge in [0.05, 0.1) is 0 Å². The largest absolute Gasteiger partial charge is 0.330 e. The fourth-order valence-electron chi connectivity index (χ4n) is 2.38. The van der Waals surface area contributed by atoms with Crippen LogP contribution in [-0.2, 0) is 6.42 Å². The van der Waals surface area contributed by atoms with Crippen LogP contribution >= 0.6 is 23.4 Å². The van der Waals surface area contributed by atoms with Crippen molar-refractivity contribution in [2.75, 3.05) is 6.54 Å². The molecule has 0 amide bonds. The van der Waals surface area contributed by atoms with Gasteiger partial charge < -0.3 is 5.73 Å². The van der Waals surface area contributed by atoms with Gasteiger partial charge in [0, 0.05) is 14.8 Å². The molecule has 106 valence electrons. The third-order valence-corrected chi connectivity index (χ3v) is 4.87. The molecule has 0 bridgehead atoms. The van der Waals surface area contributed by atoms with Gasteiger partial charge in [-0.2, -0.15) is 0 Å². The molecule has 0 atom stereocenters. The predicted octanol–water partition coefficient (Wildman–Crippen LogP) is 5.15. The molecule has 0 radical (unpaired) electrons. The maximum Gasteiger partial charge on any atom is 0.0449 e. The van der Waals surface area contributed by atoms with Gasteiger partial charge in [0.2, 0.25) is 0 Å². The van der Waals surface area contributed by atoms with Gasteiger partial charge in [-0.05, 0) is 53.6 Å². The highest BCUT2D eigenvalue weighted by atomic mass is 35.5. The summed E-state index contributed by atoms with van der Waals surface area (Å²) in [6.07, 6.45) is 0.801. The maximum absolute atomic E-state index is 6.30. The average Bonchev–Trinajstić information content (AvgIpc) is 2.51. The summed E-state index contributed by atoms with van der Waals surface area (Å²) in [7, 11) is 0. The van der Waals surface area contributed by atoms with Crippen LogP contribution in [-0.4, -0.2) is 6.54 Å². The Kier molecular flexibility index (Phi) is 4.49. The molecule has 0 aromatic heterocycles. The Morgan fingerprint density at radius 2 is 1.71 bits per heavy atom. The van der Waals surface area contributed by atoms with Crippen LogP contribution in [0.25, 0.3) is 10.8 Å². The molecule has 3 rings (SSSR count). The summed E-state index contributed by atoms with van der Waals surface area (Å²) < 4.78 is 0. The van der Waals surface area contributed by atoms with E-state index in [1.54, 1.807) is 11.8 Å². The van der Waals surface area contributed by atoms with Crippen molar-refractivity contribution < 1.29 is 0 Å². The van der Waals surface area contributed by atoms with Crippen LogP contribution in [0.4, 0.5) is 0 Å². The van der Waals surface area contributed by atoms with Crippen LogP contribution in [0.1, 0.15) is 5.56 Å². The Morgan fingerprint density at radius 1 is 0.905 bits per heavy atom. The molecule has 3 heteroatoms. The molecule has 0 heterocycles. The van der Waals surface area contributed by atoms with E-state index >= 15 is 0 Å². The molecule has 0 aliphatic carbocycles. The van der Waals surface area contributed by atoms with Gasteiger partial charge in [-0.3, -0.25) is 0 Å². The standard InChI is InChI=1S/C18H16ClNS/c19-17-6-3-7-18(16(17)10-11-20)21-15-9-8-13-4-1-2-5-14(13)12-15/h1-9,12H,10-11,20H2. The van der Waals surface area contributed by atoms with Crippen molar-refractivity contribution >= 4 is 34.1 Å². The zero-order valence-corrected chi connectivity index (χ0v) is 13.1. The molecule has 3 aromatic rings. The summed E-state index contributed by atoms with van der Waals surface area (Å²) in [4.78, 5) is 2.40. The monoisotopic (exact) mass is 313 g/mol. The van der Waals surface area contributed by atoms with Crippen LogP contribution in [0.5, 0.6) is 0 Å². The lowest BCUT2D eigenvalue weighted by Crippen LogP contribution is -2.04. The Labute approximate surface area is 134 Å². The van der Waals surface area contributed by atoms with Gasteiger partial charge in [-0.25, -0.2) is 0 Å². The van der Waals surface area contributed by atoms with Gasteiger partial charge in [0.15, 0.2) is 0 Å². The van der Waals surface area contributed by atoms with Crippen molar-refractivity contribution in [3.8, 4) is 0 Å². The zero-order chi connectivity index (χ0) is 14.7. The molecule has 0 aliphatic rings. The van der Waals surface area contributed by atoms with Crippen molar-refractivity contribution in [2.45, 2.75) is 16.2 Å². The van der Waals surface area contributed by atoms with E-state index in [1.807, 2.05) is 12.1 Å². The third kappa shape index (κ3) is 3.24. The number of nitrogens with two attached hydrogens (primary N) is 1. The minimum atomic E-state index is 0.606. The van der Waals surface area contributed by atoms with Gasteiger partial charge in [0.25, 0.3) is 0 Å². The topological polar surface area (TPSA) is 26.0 Å². The van der Waals surface area contributed by atoms with E-state index in [0.717, 1.165) is 17.0 Å². The SMILES string of the molecule is NCCc1c(Cl)cccc1Sc1ccc2ccccc2c1. The highest BCUT2D eigenvalue weighted by Crippen LogP contribution is 2.35. The number of hydrogen-bond donors (Lipinski definition) is 1. The summed E-state index contributed by atoms with van der Waals surface area (Å²) in [5.41, 5.74) is 6.84. The Balaban J connectivity index is 1.96. The van der Waals surface area contributed by atoms with Crippen LogP contribution in [0, 0.1) is 0 Å². The van der Waals surface area contributed by atoms with Crippen LogP contribution < -0.4 is 5.73 Å². The van der Waals surface area contributed by atoms with Crippen LogP contribution in [0.15, 0.2) is 70.5 Å². The lowest BCUT2D eigenvalue weighted by molar-refractivity contribution is 0.944. The van der Waals surface area contributed by atoms with Gasteiger partial charge >= 0.3 is 0 Å². The second kappa shape index (κ2) is 6.52. The van der Waals surface area contributed by atoms with E-state index in [0.29, 0.717) is 6.54 Å². The smallest absolute Gasteiger partial charge is 0.0449 e. The Morgan fingerprint density at radius 3 is 2.52 bits per heavy atom. The summed E-state index contributed by atoms with van der Waals surface area (Å²) in [5.74, 6) is 0. The number of hydrogen-bond acceptors (Lipinski definition) is 2. The molecule has 2 N–H and O–H groups in total. The fraction of sp³-hybridized carbons (Fsp3) is 0.111. The van der Waals surface area contributed by atoms with Gasteiger partial charge in [-0.1, -0.05) is 59.8 Å². The first-order valence-electron chi connectivity index (χ1n) is 6.92. The molecule has 3 aromatic carbocycles. The van der Waals surface area contributed by atoms with E-state index < -0.39 is 0 Å². The number of rotatable bonds is 4. The highest BCUT2D eigenvalue weighted by Gasteiger charge is 2.08. The Hall–Kier alpha value is -1.48. The number of fused-ring (bicyclic) bond motifs is 1. The molecule has 0 saturated heterocycles. The molecular weight excluding hydrogens is 298 g/mol. The van der Waals surface area contributed by atoms with E-state index in [2.05, 4.69) is 48.5 Å². The highest BCUT2D eigenvalue weighted by molar-refractivity contribution is 7.99. The molecule has 0 spiro atoms.